The van der Waals surface area contributed by atoms with Crippen LogP contribution in [0.25, 0.3) is 0 Å². The summed E-state index contributed by atoms with van der Waals surface area (Å²) in [6.07, 6.45) is 4.86. The molecule has 0 bridgehead atoms. The molecule has 0 aromatic carbocycles. The van der Waals surface area contributed by atoms with Gasteiger partial charge in [0.25, 0.3) is 0 Å². The van der Waals surface area contributed by atoms with Crippen molar-refractivity contribution in [3.05, 3.63) is 0 Å². The summed E-state index contributed by atoms with van der Waals surface area (Å²) in [4.78, 5) is 13.5. The van der Waals surface area contributed by atoms with Gasteiger partial charge in [0.1, 0.15) is 85.5 Å². The van der Waals surface area contributed by atoms with E-state index in [0.717, 1.165) is 51.4 Å². The molecular formula is C60H115NO20. The Morgan fingerprint density at radius 2 is 0.889 bits per heavy atom. The second-order valence-electron chi connectivity index (χ2n) is 24.0. The van der Waals surface area contributed by atoms with Crippen LogP contribution in [0.5, 0.6) is 0 Å². The fourth-order valence-corrected chi connectivity index (χ4v) is 11.2. The van der Waals surface area contributed by atoms with Crippen molar-refractivity contribution in [2.45, 2.75) is 343 Å². The number of aliphatic hydroxyl groups excluding tert-OH is 13. The van der Waals surface area contributed by atoms with Gasteiger partial charge in [-0.3, -0.25) is 4.79 Å². The van der Waals surface area contributed by atoms with E-state index in [1.54, 1.807) is 0 Å². The molecule has 1 amide bonds. The summed E-state index contributed by atoms with van der Waals surface area (Å²) >= 11 is 0. The van der Waals surface area contributed by atoms with Crippen molar-refractivity contribution in [1.29, 1.82) is 0 Å². The van der Waals surface area contributed by atoms with Crippen molar-refractivity contribution >= 4 is 5.91 Å². The molecule has 3 heterocycles. The molecule has 3 fully saturated rings. The molecule has 0 aliphatic carbocycles. The normalized spacial score (nSPS) is 29.3. The zero-order valence-electron chi connectivity index (χ0n) is 49.7. The molecule has 21 nitrogen and oxygen atoms in total. The molecule has 14 N–H and O–H groups in total. The third-order valence-corrected chi connectivity index (χ3v) is 16.5. The summed E-state index contributed by atoms with van der Waals surface area (Å²) in [5, 5.41) is 142. The second-order valence-corrected chi connectivity index (χ2v) is 24.0. The highest BCUT2D eigenvalue weighted by Gasteiger charge is 2.56. The maximum atomic E-state index is 13.5. The third-order valence-electron chi connectivity index (χ3n) is 16.5. The van der Waals surface area contributed by atoms with Crippen LogP contribution in [0, 0.1) is 5.92 Å². The van der Waals surface area contributed by atoms with Crippen molar-refractivity contribution in [3.63, 3.8) is 0 Å². The van der Waals surface area contributed by atoms with Gasteiger partial charge >= 0.3 is 0 Å². The van der Waals surface area contributed by atoms with Crippen LogP contribution >= 0.6 is 0 Å². The van der Waals surface area contributed by atoms with Crippen LogP contribution in [-0.4, -0.2) is 215 Å². The Kier molecular flexibility index (Phi) is 39.6. The number of nitrogens with one attached hydrogen (secondary N) is 1. The minimum Gasteiger partial charge on any atom is -0.394 e. The molecule has 3 rings (SSSR count). The lowest BCUT2D eigenvalue weighted by Crippen LogP contribution is -2.62. The number of amides is 1. The molecular weight excluding hydrogens is 1050 g/mol. The predicted molar refractivity (Wildman–Crippen MR) is 303 cm³/mol. The van der Waals surface area contributed by atoms with Gasteiger partial charge in [-0.2, -0.15) is 0 Å². The van der Waals surface area contributed by atoms with E-state index in [9.17, 15) is 71.2 Å². The van der Waals surface area contributed by atoms with Gasteiger partial charge in [-0.1, -0.05) is 213 Å². The maximum absolute atomic E-state index is 13.5. The zero-order chi connectivity index (χ0) is 59.5. The van der Waals surface area contributed by atoms with Crippen molar-refractivity contribution in [1.82, 2.24) is 5.32 Å². The van der Waals surface area contributed by atoms with Crippen LogP contribution in [0.1, 0.15) is 226 Å². The molecule has 0 aromatic rings. The third kappa shape index (κ3) is 27.5. The van der Waals surface area contributed by atoms with Crippen molar-refractivity contribution < 1.29 is 99.6 Å². The molecule has 0 radical (unpaired) electrons. The molecule has 0 aromatic heterocycles. The van der Waals surface area contributed by atoms with Crippen LogP contribution in [0.2, 0.25) is 0 Å². The van der Waals surface area contributed by atoms with Crippen molar-refractivity contribution in [3.8, 4) is 0 Å². The van der Waals surface area contributed by atoms with Gasteiger partial charge in [-0.15, -0.1) is 0 Å². The molecule has 3 saturated heterocycles. The minimum absolute atomic E-state index is 0.158. The average molecular weight is 1170 g/mol. The quantitative estimate of drug-likeness (QED) is 0.0380. The summed E-state index contributed by atoms with van der Waals surface area (Å²) in [5.41, 5.74) is 0. The molecule has 480 valence electrons. The molecule has 19 atom stereocenters. The van der Waals surface area contributed by atoms with E-state index in [2.05, 4.69) is 26.1 Å². The van der Waals surface area contributed by atoms with Gasteiger partial charge < -0.3 is 100 Å². The predicted octanol–water partition coefficient (Wildman–Crippen LogP) is 4.18. The van der Waals surface area contributed by atoms with E-state index in [0.29, 0.717) is 18.8 Å². The standard InChI is InChI=1S/C60H115NO20/c1-4-5-6-7-8-9-10-11-12-13-14-15-16-17-18-19-20-21-26-29-32-35-43(66)57(75)61-41(47(69)42(65)34-31-28-25-23-22-24-27-30-33-40(2)3)39-76-58-52(74)55(48(70)46(38-64)77-58)80-60-56(51(73)54(79-60)45(68)37-63)81-59-50(72)49(71)53(78-59)44(67)36-62/h40-56,58-60,62-74H,4-39H2,1-3H3,(H,61,75)/t41-,42+,43+,44-,45-,46+,47-,48-,49+,50+,51-,52+,53-,54-,55-,56+,58-,59+,60-/m0/s1. The summed E-state index contributed by atoms with van der Waals surface area (Å²) < 4.78 is 34.5. The number of ether oxygens (including phenoxy) is 6. The van der Waals surface area contributed by atoms with Gasteiger partial charge in [0.05, 0.1) is 38.6 Å². The Hall–Kier alpha value is -1.29. The maximum Gasteiger partial charge on any atom is 0.249 e. The van der Waals surface area contributed by atoms with Crippen LogP contribution in [0.4, 0.5) is 0 Å². The summed E-state index contributed by atoms with van der Waals surface area (Å²) in [6, 6.07) is -1.37. The molecule has 81 heavy (non-hydrogen) atoms. The topological polar surface area (TPSA) is 347 Å². The lowest BCUT2D eigenvalue weighted by Gasteiger charge is -2.43. The van der Waals surface area contributed by atoms with Gasteiger partial charge in [0, 0.05) is 0 Å². The van der Waals surface area contributed by atoms with Crippen molar-refractivity contribution in [2.75, 3.05) is 26.4 Å². The van der Waals surface area contributed by atoms with E-state index in [-0.39, 0.29) is 12.8 Å². The van der Waals surface area contributed by atoms with Crippen LogP contribution in [-0.2, 0) is 33.2 Å². The fraction of sp³-hybridized carbons (Fsp3) is 0.983. The monoisotopic (exact) mass is 1170 g/mol. The van der Waals surface area contributed by atoms with E-state index >= 15 is 0 Å². The lowest BCUT2D eigenvalue weighted by molar-refractivity contribution is -0.338. The first-order chi connectivity index (χ1) is 39.0. The van der Waals surface area contributed by atoms with Crippen LogP contribution in [0.15, 0.2) is 0 Å². The Balaban J connectivity index is 1.56. The number of carbonyl (C=O) groups is 1. The molecule has 3 aliphatic rings. The number of unbranched alkanes of at least 4 members (excludes halogenated alkanes) is 27. The number of carbonyl (C=O) groups excluding carboxylic acids is 1. The largest absolute Gasteiger partial charge is 0.394 e. The number of hydrogen-bond acceptors (Lipinski definition) is 20. The van der Waals surface area contributed by atoms with Crippen LogP contribution < -0.4 is 5.32 Å². The van der Waals surface area contributed by atoms with Crippen molar-refractivity contribution in [2.24, 2.45) is 5.92 Å². The van der Waals surface area contributed by atoms with Gasteiger partial charge in [0.2, 0.25) is 5.91 Å². The molecule has 0 spiro atoms. The highest BCUT2D eigenvalue weighted by molar-refractivity contribution is 5.80. The summed E-state index contributed by atoms with van der Waals surface area (Å²) in [5.74, 6) is -0.116. The first-order valence-electron chi connectivity index (χ1n) is 31.8. The lowest BCUT2D eigenvalue weighted by atomic mass is 9.98. The van der Waals surface area contributed by atoms with Crippen LogP contribution in [0.3, 0.4) is 0 Å². The number of rotatable bonds is 49. The summed E-state index contributed by atoms with van der Waals surface area (Å²) in [7, 11) is 0. The zero-order valence-corrected chi connectivity index (χ0v) is 49.7. The summed E-state index contributed by atoms with van der Waals surface area (Å²) in [6.45, 7) is 3.47. The minimum atomic E-state index is -1.96. The molecule has 0 unspecified atom stereocenters. The van der Waals surface area contributed by atoms with E-state index in [4.69, 9.17) is 28.4 Å². The second kappa shape index (κ2) is 43.4. The van der Waals surface area contributed by atoms with Gasteiger partial charge in [-0.25, -0.2) is 0 Å². The SMILES string of the molecule is CCCCCCCCCCCCCCCCCCCCCCC[C@@H](O)C(=O)N[C@@H](CO[C@H]1O[C@H](CO)[C@H](O)[C@H](O[C@@H]2O[C@@H]([C@@H](O)CO)[C@H](O)[C@H]2O[C@H]2O[C@@H]([C@@H](O)CO)[C@H](O)[C@H]2O)[C@H]1O)[C@H](O)[C@H](O)CCCCCCCCCCC(C)C. The fourth-order valence-electron chi connectivity index (χ4n) is 11.2. The first-order valence-corrected chi connectivity index (χ1v) is 31.8. The van der Waals surface area contributed by atoms with Gasteiger partial charge in [-0.05, 0) is 18.8 Å². The average Bonchev–Trinajstić information content (AvgIpc) is 4.08. The number of aliphatic hydroxyl groups is 13. The Morgan fingerprint density at radius 1 is 0.469 bits per heavy atom. The highest BCUT2D eigenvalue weighted by atomic mass is 16.8. The van der Waals surface area contributed by atoms with E-state index in [1.165, 1.54) is 128 Å². The van der Waals surface area contributed by atoms with Gasteiger partial charge in [0.15, 0.2) is 18.9 Å². The number of hydrogen-bond donors (Lipinski definition) is 14. The van der Waals surface area contributed by atoms with E-state index in [1.807, 2.05) is 0 Å². The smallest absolute Gasteiger partial charge is 0.249 e. The Labute approximate surface area is 484 Å². The van der Waals surface area contributed by atoms with E-state index < -0.39 is 149 Å². The Bertz CT molecular complexity index is 1540. The molecule has 0 saturated carbocycles. The highest BCUT2D eigenvalue weighted by Crippen LogP contribution is 2.36. The first kappa shape index (κ1) is 74.0. The molecule has 21 heteroatoms. The molecule has 3 aliphatic heterocycles. The Morgan fingerprint density at radius 3 is 1.35 bits per heavy atom.